The molecular formula is C15H21FN2S. The van der Waals surface area contributed by atoms with Crippen molar-refractivity contribution in [1.29, 1.82) is 0 Å². The number of halogens is 1. The van der Waals surface area contributed by atoms with Crippen molar-refractivity contribution >= 4 is 23.0 Å². The molecule has 2 nitrogen and oxygen atoms in total. The molecule has 0 amide bonds. The molecule has 0 aromatic heterocycles. The molecule has 1 saturated carbocycles. The number of nitrogens with one attached hydrogen (secondary N) is 2. The Kier molecular flexibility index (Phi) is 4.40. The summed E-state index contributed by atoms with van der Waals surface area (Å²) in [6.45, 7) is 4.45. The third-order valence-electron chi connectivity index (χ3n) is 4.05. The highest BCUT2D eigenvalue weighted by Crippen LogP contribution is 2.35. The average Bonchev–Trinajstić information content (AvgIpc) is 2.78. The molecule has 1 aromatic carbocycles. The number of benzene rings is 1. The van der Waals surface area contributed by atoms with Crippen LogP contribution in [0.15, 0.2) is 24.3 Å². The topological polar surface area (TPSA) is 24.1 Å². The van der Waals surface area contributed by atoms with E-state index in [0.29, 0.717) is 16.7 Å². The average molecular weight is 280 g/mol. The second-order valence-corrected chi connectivity index (χ2v) is 6.02. The van der Waals surface area contributed by atoms with Crippen molar-refractivity contribution in [2.75, 3.05) is 5.32 Å². The molecule has 0 saturated heterocycles. The summed E-state index contributed by atoms with van der Waals surface area (Å²) in [5.74, 6) is 0.273. The van der Waals surface area contributed by atoms with E-state index in [0.717, 1.165) is 12.8 Å². The first-order chi connectivity index (χ1) is 9.02. The van der Waals surface area contributed by atoms with Gasteiger partial charge in [0.05, 0.1) is 0 Å². The van der Waals surface area contributed by atoms with Gasteiger partial charge in [0.25, 0.3) is 0 Å². The van der Waals surface area contributed by atoms with Gasteiger partial charge in [-0.1, -0.05) is 32.8 Å². The molecule has 0 bridgehead atoms. The lowest BCUT2D eigenvalue weighted by molar-refractivity contribution is 0.283. The normalized spacial score (nSPS) is 17.5. The molecule has 104 valence electrons. The minimum atomic E-state index is -0.257. The quantitative estimate of drug-likeness (QED) is 0.816. The van der Waals surface area contributed by atoms with Gasteiger partial charge in [0, 0.05) is 11.2 Å². The Labute approximate surface area is 119 Å². The van der Waals surface area contributed by atoms with Gasteiger partial charge in [0.2, 0.25) is 0 Å². The predicted octanol–water partition coefficient (Wildman–Crippen LogP) is 4.08. The van der Waals surface area contributed by atoms with Crippen molar-refractivity contribution in [3.63, 3.8) is 0 Å². The van der Waals surface area contributed by atoms with Crippen LogP contribution < -0.4 is 10.6 Å². The molecule has 0 aliphatic heterocycles. The Morgan fingerprint density at radius 3 is 2.58 bits per heavy atom. The van der Waals surface area contributed by atoms with E-state index in [-0.39, 0.29) is 11.4 Å². The Morgan fingerprint density at radius 2 is 2.00 bits per heavy atom. The maximum Gasteiger partial charge on any atom is 0.171 e. The van der Waals surface area contributed by atoms with Crippen LogP contribution in [0.3, 0.4) is 0 Å². The number of hydrogen-bond acceptors (Lipinski definition) is 1. The van der Waals surface area contributed by atoms with E-state index in [9.17, 15) is 4.39 Å². The fourth-order valence-corrected chi connectivity index (χ4v) is 3.13. The van der Waals surface area contributed by atoms with Crippen molar-refractivity contribution in [3.8, 4) is 0 Å². The van der Waals surface area contributed by atoms with E-state index in [2.05, 4.69) is 24.5 Å². The van der Waals surface area contributed by atoms with E-state index in [4.69, 9.17) is 12.2 Å². The molecule has 0 spiro atoms. The lowest BCUT2D eigenvalue weighted by Crippen LogP contribution is -2.51. The third kappa shape index (κ3) is 3.44. The largest absolute Gasteiger partial charge is 0.357 e. The Morgan fingerprint density at radius 1 is 1.32 bits per heavy atom. The smallest absolute Gasteiger partial charge is 0.171 e. The summed E-state index contributed by atoms with van der Waals surface area (Å²) in [6.07, 6.45) is 4.78. The molecule has 4 heteroatoms. The number of rotatable bonds is 3. The lowest BCUT2D eigenvalue weighted by atomic mass is 9.85. The molecule has 0 unspecified atom stereocenters. The molecule has 1 fully saturated rings. The zero-order valence-electron chi connectivity index (χ0n) is 11.5. The van der Waals surface area contributed by atoms with Gasteiger partial charge in [0.1, 0.15) is 5.82 Å². The number of hydrogen-bond donors (Lipinski definition) is 2. The van der Waals surface area contributed by atoms with Crippen molar-refractivity contribution in [1.82, 2.24) is 5.32 Å². The van der Waals surface area contributed by atoms with Crippen molar-refractivity contribution in [3.05, 3.63) is 30.1 Å². The number of anilines is 1. The van der Waals surface area contributed by atoms with Gasteiger partial charge >= 0.3 is 0 Å². The molecule has 0 radical (unpaired) electrons. The van der Waals surface area contributed by atoms with E-state index >= 15 is 0 Å². The van der Waals surface area contributed by atoms with Crippen LogP contribution in [0.1, 0.15) is 39.5 Å². The van der Waals surface area contributed by atoms with Crippen molar-refractivity contribution < 1.29 is 4.39 Å². The lowest BCUT2D eigenvalue weighted by Gasteiger charge is -2.35. The van der Waals surface area contributed by atoms with Gasteiger partial charge in [-0.3, -0.25) is 0 Å². The summed E-state index contributed by atoms with van der Waals surface area (Å²) >= 11 is 5.36. The van der Waals surface area contributed by atoms with Crippen LogP contribution in [0.25, 0.3) is 0 Å². The first-order valence-corrected chi connectivity index (χ1v) is 7.27. The van der Waals surface area contributed by atoms with Crippen LogP contribution in [0, 0.1) is 11.7 Å². The number of thiocarbonyl (C=S) groups is 1. The van der Waals surface area contributed by atoms with E-state index in [1.54, 1.807) is 6.07 Å². The van der Waals surface area contributed by atoms with Gasteiger partial charge in [-0.25, -0.2) is 4.39 Å². The molecule has 0 atom stereocenters. The highest BCUT2D eigenvalue weighted by Gasteiger charge is 2.37. The van der Waals surface area contributed by atoms with Crippen LogP contribution in [0.2, 0.25) is 0 Å². The van der Waals surface area contributed by atoms with E-state index in [1.165, 1.54) is 25.0 Å². The summed E-state index contributed by atoms with van der Waals surface area (Å²) < 4.78 is 13.1. The Hall–Kier alpha value is -1.16. The van der Waals surface area contributed by atoms with Gasteiger partial charge in [-0.05, 0) is 49.2 Å². The maximum absolute atomic E-state index is 13.1. The molecule has 0 heterocycles. The molecule has 1 aliphatic carbocycles. The van der Waals surface area contributed by atoms with Crippen LogP contribution in [0.5, 0.6) is 0 Å². The summed E-state index contributed by atoms with van der Waals surface area (Å²) in [6, 6.07) is 6.36. The van der Waals surface area contributed by atoms with E-state index < -0.39 is 0 Å². The molecule has 2 N–H and O–H groups in total. The standard InChI is InChI=1S/C15H21FN2S/c1-11(2)15(8-3-4-9-15)18-14(19)17-13-7-5-6-12(16)10-13/h5-7,10-11H,3-4,8-9H2,1-2H3,(H2,17,18,19). The fraction of sp³-hybridized carbons (Fsp3) is 0.533. The first-order valence-electron chi connectivity index (χ1n) is 6.86. The SMILES string of the molecule is CC(C)C1(NC(=S)Nc2cccc(F)c2)CCCC1. The van der Waals surface area contributed by atoms with Crippen LogP contribution >= 0.6 is 12.2 Å². The Balaban J connectivity index is 2.00. The second kappa shape index (κ2) is 5.87. The molecule has 2 rings (SSSR count). The third-order valence-corrected chi connectivity index (χ3v) is 4.25. The van der Waals surface area contributed by atoms with Gasteiger partial charge in [-0.2, -0.15) is 0 Å². The van der Waals surface area contributed by atoms with Crippen LogP contribution in [0.4, 0.5) is 10.1 Å². The zero-order chi connectivity index (χ0) is 13.9. The van der Waals surface area contributed by atoms with E-state index in [1.807, 2.05) is 6.07 Å². The summed E-state index contributed by atoms with van der Waals surface area (Å²) in [7, 11) is 0. The van der Waals surface area contributed by atoms with Crippen molar-refractivity contribution in [2.24, 2.45) is 5.92 Å². The minimum Gasteiger partial charge on any atom is -0.357 e. The second-order valence-electron chi connectivity index (χ2n) is 5.61. The molecule has 19 heavy (non-hydrogen) atoms. The van der Waals surface area contributed by atoms with Gasteiger partial charge in [0.15, 0.2) is 5.11 Å². The monoisotopic (exact) mass is 280 g/mol. The predicted molar refractivity (Wildman–Crippen MR) is 81.8 cm³/mol. The summed E-state index contributed by atoms with van der Waals surface area (Å²) in [4.78, 5) is 0. The minimum absolute atomic E-state index is 0.0947. The van der Waals surface area contributed by atoms with Crippen LogP contribution in [-0.4, -0.2) is 10.7 Å². The molecular weight excluding hydrogens is 259 g/mol. The van der Waals surface area contributed by atoms with Gasteiger partial charge < -0.3 is 10.6 Å². The molecule has 1 aliphatic rings. The summed E-state index contributed by atoms with van der Waals surface area (Å²) in [5.41, 5.74) is 0.784. The van der Waals surface area contributed by atoms with Crippen LogP contribution in [-0.2, 0) is 0 Å². The highest BCUT2D eigenvalue weighted by atomic mass is 32.1. The fourth-order valence-electron chi connectivity index (χ4n) is 2.81. The zero-order valence-corrected chi connectivity index (χ0v) is 12.3. The highest BCUT2D eigenvalue weighted by molar-refractivity contribution is 7.80. The maximum atomic E-state index is 13.1. The first kappa shape index (κ1) is 14.3. The van der Waals surface area contributed by atoms with Crippen molar-refractivity contribution in [2.45, 2.75) is 45.1 Å². The molecule has 1 aromatic rings. The Bertz CT molecular complexity index is 453. The summed E-state index contributed by atoms with van der Waals surface area (Å²) in [5, 5.41) is 7.11. The van der Waals surface area contributed by atoms with Gasteiger partial charge in [-0.15, -0.1) is 0 Å².